The standard InChI is InChI=1S/C25H21BrF3N3O2/c1-15(2)17-11-9-16(10-12-17)13-20(24(34)32-22-8-4-7-21(26)31-22)23(33)30-19-6-3-5-18(14-19)25(27,28)29/h3-15H,1-2H3,(H,30,33)(H,31,32,34). The maximum absolute atomic E-state index is 13.0. The van der Waals surface area contributed by atoms with Crippen LogP contribution in [0.3, 0.4) is 0 Å². The van der Waals surface area contributed by atoms with E-state index in [1.807, 2.05) is 26.0 Å². The van der Waals surface area contributed by atoms with Crippen LogP contribution < -0.4 is 10.6 Å². The van der Waals surface area contributed by atoms with Crippen LogP contribution in [-0.4, -0.2) is 16.8 Å². The summed E-state index contributed by atoms with van der Waals surface area (Å²) in [7, 11) is 0. The van der Waals surface area contributed by atoms with E-state index in [4.69, 9.17) is 0 Å². The smallest absolute Gasteiger partial charge is 0.322 e. The molecule has 0 spiro atoms. The first kappa shape index (κ1) is 25.2. The molecule has 2 amide bonds. The van der Waals surface area contributed by atoms with E-state index in [1.165, 1.54) is 18.2 Å². The van der Waals surface area contributed by atoms with Gasteiger partial charge in [0.15, 0.2) is 0 Å². The molecule has 3 rings (SSSR count). The molecule has 1 aromatic heterocycles. The van der Waals surface area contributed by atoms with E-state index in [0.29, 0.717) is 16.1 Å². The van der Waals surface area contributed by atoms with E-state index in [1.54, 1.807) is 30.3 Å². The lowest BCUT2D eigenvalue weighted by Gasteiger charge is -2.12. The molecule has 2 N–H and O–H groups in total. The molecule has 0 aliphatic carbocycles. The lowest BCUT2D eigenvalue weighted by molar-refractivity contribution is -0.137. The number of aromatic nitrogens is 1. The zero-order valence-corrected chi connectivity index (χ0v) is 19.9. The number of anilines is 2. The maximum atomic E-state index is 13.0. The largest absolute Gasteiger partial charge is 0.416 e. The summed E-state index contributed by atoms with van der Waals surface area (Å²) in [6, 6.07) is 16.4. The minimum absolute atomic E-state index is 0.0886. The Balaban J connectivity index is 1.93. The second-order valence-corrected chi connectivity index (χ2v) is 8.52. The van der Waals surface area contributed by atoms with Gasteiger partial charge in [0.2, 0.25) is 0 Å². The van der Waals surface area contributed by atoms with Crippen LogP contribution in [0.1, 0.15) is 36.5 Å². The lowest BCUT2D eigenvalue weighted by Crippen LogP contribution is -2.25. The Morgan fingerprint density at radius 3 is 2.21 bits per heavy atom. The summed E-state index contributed by atoms with van der Waals surface area (Å²) in [5.41, 5.74) is 0.361. The first-order valence-corrected chi connectivity index (χ1v) is 11.1. The molecule has 2 aromatic carbocycles. The molecule has 0 aliphatic heterocycles. The summed E-state index contributed by atoms with van der Waals surface area (Å²) in [6.45, 7) is 4.08. The molecule has 0 atom stereocenters. The molecule has 0 radical (unpaired) electrons. The molecule has 1 heterocycles. The Kier molecular flexibility index (Phi) is 7.88. The molecule has 9 heteroatoms. The van der Waals surface area contributed by atoms with Crippen molar-refractivity contribution in [2.75, 3.05) is 10.6 Å². The minimum atomic E-state index is -4.57. The highest BCUT2D eigenvalue weighted by atomic mass is 79.9. The first-order chi connectivity index (χ1) is 16.0. The van der Waals surface area contributed by atoms with Gasteiger partial charge in [-0.25, -0.2) is 4.98 Å². The number of carbonyl (C=O) groups excluding carboxylic acids is 2. The summed E-state index contributed by atoms with van der Waals surface area (Å²) in [4.78, 5) is 30.1. The van der Waals surface area contributed by atoms with E-state index in [9.17, 15) is 22.8 Å². The molecular formula is C25H21BrF3N3O2. The third-order valence-electron chi connectivity index (χ3n) is 4.81. The fourth-order valence-corrected chi connectivity index (χ4v) is 3.35. The van der Waals surface area contributed by atoms with E-state index in [2.05, 4.69) is 31.5 Å². The van der Waals surface area contributed by atoms with Gasteiger partial charge in [-0.15, -0.1) is 0 Å². The Hall–Kier alpha value is -3.46. The van der Waals surface area contributed by atoms with Crippen molar-refractivity contribution in [3.63, 3.8) is 0 Å². The molecule has 0 saturated heterocycles. The average molecular weight is 532 g/mol. The molecule has 0 saturated carbocycles. The second-order valence-electron chi connectivity index (χ2n) is 7.71. The molecule has 0 bridgehead atoms. The van der Waals surface area contributed by atoms with Gasteiger partial charge in [-0.05, 0) is 69.4 Å². The Bertz CT molecular complexity index is 1220. The number of nitrogens with one attached hydrogen (secondary N) is 2. The summed E-state index contributed by atoms with van der Waals surface area (Å²) in [5.74, 6) is -1.12. The lowest BCUT2D eigenvalue weighted by atomic mass is 10.0. The van der Waals surface area contributed by atoms with Crippen molar-refractivity contribution < 1.29 is 22.8 Å². The third-order valence-corrected chi connectivity index (χ3v) is 5.25. The minimum Gasteiger partial charge on any atom is -0.322 e. The molecule has 0 unspecified atom stereocenters. The second kappa shape index (κ2) is 10.6. The highest BCUT2D eigenvalue weighted by molar-refractivity contribution is 9.10. The monoisotopic (exact) mass is 531 g/mol. The van der Waals surface area contributed by atoms with Gasteiger partial charge in [0.1, 0.15) is 16.0 Å². The number of pyridine rings is 1. The summed E-state index contributed by atoms with van der Waals surface area (Å²) >= 11 is 3.21. The normalized spacial score (nSPS) is 11.9. The van der Waals surface area contributed by atoms with Gasteiger partial charge in [0.25, 0.3) is 11.8 Å². The zero-order chi connectivity index (χ0) is 24.9. The van der Waals surface area contributed by atoms with Crippen LogP contribution in [-0.2, 0) is 15.8 Å². The predicted octanol–water partition coefficient (Wildman–Crippen LogP) is 6.65. The van der Waals surface area contributed by atoms with Crippen molar-refractivity contribution in [1.29, 1.82) is 0 Å². The highest BCUT2D eigenvalue weighted by Crippen LogP contribution is 2.30. The van der Waals surface area contributed by atoms with Crippen molar-refractivity contribution in [1.82, 2.24) is 4.98 Å². The van der Waals surface area contributed by atoms with Crippen LogP contribution in [0.5, 0.6) is 0 Å². The summed E-state index contributed by atoms with van der Waals surface area (Å²) in [5, 5.41) is 4.93. The number of alkyl halides is 3. The Morgan fingerprint density at radius 2 is 1.59 bits per heavy atom. The van der Waals surface area contributed by atoms with Crippen LogP contribution in [0, 0.1) is 0 Å². The molecule has 3 aromatic rings. The van der Waals surface area contributed by atoms with Crippen molar-refractivity contribution in [2.24, 2.45) is 0 Å². The van der Waals surface area contributed by atoms with Crippen molar-refractivity contribution in [3.8, 4) is 0 Å². The number of benzene rings is 2. The molecule has 176 valence electrons. The van der Waals surface area contributed by atoms with Crippen LogP contribution in [0.25, 0.3) is 6.08 Å². The summed E-state index contributed by atoms with van der Waals surface area (Å²) < 4.78 is 39.6. The fourth-order valence-electron chi connectivity index (χ4n) is 3.01. The van der Waals surface area contributed by atoms with Crippen LogP contribution in [0.15, 0.2) is 76.9 Å². The number of nitrogens with zero attached hydrogens (tertiary/aromatic N) is 1. The maximum Gasteiger partial charge on any atom is 0.416 e. The van der Waals surface area contributed by atoms with Crippen molar-refractivity contribution >= 4 is 45.3 Å². The third kappa shape index (κ3) is 6.77. The Labute approximate surface area is 203 Å². The molecular weight excluding hydrogens is 511 g/mol. The number of rotatable bonds is 6. The predicted molar refractivity (Wildman–Crippen MR) is 129 cm³/mol. The zero-order valence-electron chi connectivity index (χ0n) is 18.3. The van der Waals surface area contributed by atoms with Gasteiger partial charge in [0, 0.05) is 5.69 Å². The van der Waals surface area contributed by atoms with Gasteiger partial charge in [-0.2, -0.15) is 13.2 Å². The van der Waals surface area contributed by atoms with E-state index in [0.717, 1.165) is 17.7 Å². The topological polar surface area (TPSA) is 71.1 Å². The van der Waals surface area contributed by atoms with Crippen LogP contribution in [0.4, 0.5) is 24.7 Å². The van der Waals surface area contributed by atoms with Gasteiger partial charge in [-0.3, -0.25) is 9.59 Å². The van der Waals surface area contributed by atoms with E-state index in [-0.39, 0.29) is 17.1 Å². The van der Waals surface area contributed by atoms with Gasteiger partial charge in [0.05, 0.1) is 5.56 Å². The SMILES string of the molecule is CC(C)c1ccc(C=C(C(=O)Nc2cccc(C(F)(F)F)c2)C(=O)Nc2cccc(Br)n2)cc1. The fraction of sp³-hybridized carbons (Fsp3) is 0.160. The number of halogens is 4. The van der Waals surface area contributed by atoms with Crippen LogP contribution in [0.2, 0.25) is 0 Å². The number of hydrogen-bond donors (Lipinski definition) is 2. The van der Waals surface area contributed by atoms with Crippen molar-refractivity contribution in [3.05, 3.63) is 93.6 Å². The van der Waals surface area contributed by atoms with Crippen LogP contribution >= 0.6 is 15.9 Å². The average Bonchev–Trinajstić information content (AvgIpc) is 2.77. The number of hydrogen-bond acceptors (Lipinski definition) is 3. The van der Waals surface area contributed by atoms with Crippen molar-refractivity contribution in [2.45, 2.75) is 25.9 Å². The molecule has 0 aliphatic rings. The molecule has 0 fully saturated rings. The van der Waals surface area contributed by atoms with Gasteiger partial charge < -0.3 is 10.6 Å². The van der Waals surface area contributed by atoms with E-state index >= 15 is 0 Å². The van der Waals surface area contributed by atoms with E-state index < -0.39 is 23.6 Å². The molecule has 34 heavy (non-hydrogen) atoms. The first-order valence-electron chi connectivity index (χ1n) is 10.3. The summed E-state index contributed by atoms with van der Waals surface area (Å²) in [6.07, 6.45) is -3.19. The van der Waals surface area contributed by atoms with Gasteiger partial charge >= 0.3 is 6.18 Å². The number of carbonyl (C=O) groups is 2. The Morgan fingerprint density at radius 1 is 0.941 bits per heavy atom. The highest BCUT2D eigenvalue weighted by Gasteiger charge is 2.30. The number of amides is 2. The quantitative estimate of drug-likeness (QED) is 0.162. The molecule has 5 nitrogen and oxygen atoms in total. The van der Waals surface area contributed by atoms with Gasteiger partial charge in [-0.1, -0.05) is 50.2 Å².